The zero-order valence-electron chi connectivity index (χ0n) is 33.6. The van der Waals surface area contributed by atoms with Gasteiger partial charge in [0.15, 0.2) is 0 Å². The summed E-state index contributed by atoms with van der Waals surface area (Å²) in [6, 6.07) is 0. The molecule has 0 rings (SSSR count). The molecule has 0 aliphatic carbocycles. The van der Waals surface area contributed by atoms with Gasteiger partial charge in [-0.05, 0) is 60.2 Å². The molecule has 0 aliphatic rings. The van der Waals surface area contributed by atoms with Gasteiger partial charge in [0.25, 0.3) is 0 Å². The molecular formula is C43H89NO2. The summed E-state index contributed by atoms with van der Waals surface area (Å²) in [6.45, 7) is 26.8. The molecule has 0 heterocycles. The second-order valence-corrected chi connectivity index (χ2v) is 17.4. The molecule has 0 spiro atoms. The third-order valence-corrected chi connectivity index (χ3v) is 10.8. The fraction of sp³-hybridized carbons (Fsp3) is 1.00. The fourth-order valence-corrected chi connectivity index (χ4v) is 6.99. The zero-order chi connectivity index (χ0) is 34.6. The van der Waals surface area contributed by atoms with Crippen molar-refractivity contribution in [2.75, 3.05) is 26.4 Å². The number of hydrogen-bond donors (Lipinski definition) is 1. The molecule has 0 amide bonds. The smallest absolute Gasteiger partial charge is 0.0930 e. The Hall–Kier alpha value is -0.120. The fourth-order valence-electron chi connectivity index (χ4n) is 6.99. The Morgan fingerprint density at radius 3 is 0.957 bits per heavy atom. The maximum Gasteiger partial charge on any atom is 0.0930 e. The highest BCUT2D eigenvalue weighted by Crippen LogP contribution is 2.24. The van der Waals surface area contributed by atoms with E-state index >= 15 is 0 Å². The molecule has 3 nitrogen and oxygen atoms in total. The molecule has 0 aromatic heterocycles. The maximum atomic E-state index is 6.13. The first kappa shape index (κ1) is 45.9. The van der Waals surface area contributed by atoms with Crippen LogP contribution in [-0.2, 0) is 9.47 Å². The molecule has 0 aliphatic heterocycles. The van der Waals surface area contributed by atoms with Crippen molar-refractivity contribution < 1.29 is 9.47 Å². The highest BCUT2D eigenvalue weighted by atomic mass is 16.5. The van der Waals surface area contributed by atoms with E-state index in [2.05, 4.69) is 69.2 Å². The van der Waals surface area contributed by atoms with E-state index in [9.17, 15) is 0 Å². The van der Waals surface area contributed by atoms with E-state index in [0.29, 0.717) is 13.2 Å². The van der Waals surface area contributed by atoms with E-state index < -0.39 is 0 Å². The van der Waals surface area contributed by atoms with Gasteiger partial charge >= 0.3 is 0 Å². The summed E-state index contributed by atoms with van der Waals surface area (Å²) in [7, 11) is 0. The number of nitrogens with two attached hydrogens (primary N) is 1. The van der Waals surface area contributed by atoms with Gasteiger partial charge in [-0.1, -0.05) is 185 Å². The molecule has 0 saturated heterocycles. The molecule has 0 bridgehead atoms. The highest BCUT2D eigenvalue weighted by molar-refractivity contribution is 4.64. The van der Waals surface area contributed by atoms with Gasteiger partial charge in [0, 0.05) is 19.8 Å². The standard InChI is InChI=1S/C43H89NO2/c1-35(2)17-11-19-37(5)21-13-23-39(7)25-15-27-41(9)29-31-45-34-43(33-44)46-32-30-42(10)28-16-26-40(8)24-14-22-38(6)20-12-18-36(3)4/h35-43H,11-34,44H2,1-10H3/t37-,38-,39-,40-,41?,42?,43-/m1/s1. The topological polar surface area (TPSA) is 44.5 Å². The lowest BCUT2D eigenvalue weighted by Crippen LogP contribution is -2.30. The summed E-state index contributed by atoms with van der Waals surface area (Å²) in [5.41, 5.74) is 6.01. The lowest BCUT2D eigenvalue weighted by Gasteiger charge is -2.19. The predicted molar refractivity (Wildman–Crippen MR) is 207 cm³/mol. The Bertz CT molecular complexity index is 622. The van der Waals surface area contributed by atoms with E-state index in [1.165, 1.54) is 116 Å². The van der Waals surface area contributed by atoms with E-state index in [1.807, 2.05) is 0 Å². The Morgan fingerprint density at radius 2 is 0.652 bits per heavy atom. The van der Waals surface area contributed by atoms with Crippen LogP contribution in [0.15, 0.2) is 0 Å². The van der Waals surface area contributed by atoms with Crippen LogP contribution in [-0.4, -0.2) is 32.5 Å². The molecular weight excluding hydrogens is 562 g/mol. The first-order valence-electron chi connectivity index (χ1n) is 20.8. The molecule has 0 aromatic carbocycles. The van der Waals surface area contributed by atoms with Crippen molar-refractivity contribution >= 4 is 0 Å². The summed E-state index contributed by atoms with van der Waals surface area (Å²) in [5.74, 6) is 6.70. The van der Waals surface area contributed by atoms with Gasteiger partial charge < -0.3 is 15.2 Å². The molecule has 3 heteroatoms. The van der Waals surface area contributed by atoms with E-state index in [-0.39, 0.29) is 6.10 Å². The van der Waals surface area contributed by atoms with E-state index in [1.54, 1.807) is 0 Å². The van der Waals surface area contributed by atoms with Crippen molar-refractivity contribution in [1.29, 1.82) is 0 Å². The van der Waals surface area contributed by atoms with Crippen LogP contribution in [0.3, 0.4) is 0 Å². The molecule has 2 N–H and O–H groups in total. The summed E-state index contributed by atoms with van der Waals surface area (Å²) >= 11 is 0. The van der Waals surface area contributed by atoms with Crippen molar-refractivity contribution in [2.45, 2.75) is 204 Å². The average Bonchev–Trinajstić information content (AvgIpc) is 2.98. The first-order valence-corrected chi connectivity index (χ1v) is 20.8. The van der Waals surface area contributed by atoms with Crippen molar-refractivity contribution in [3.63, 3.8) is 0 Å². The molecule has 7 atom stereocenters. The summed E-state index contributed by atoms with van der Waals surface area (Å²) in [5, 5.41) is 0. The van der Waals surface area contributed by atoms with Crippen LogP contribution in [0.25, 0.3) is 0 Å². The first-order chi connectivity index (χ1) is 21.9. The minimum atomic E-state index is 0.0362. The average molecular weight is 652 g/mol. The summed E-state index contributed by atoms with van der Waals surface area (Å²) < 4.78 is 12.1. The van der Waals surface area contributed by atoms with Crippen molar-refractivity contribution in [3.05, 3.63) is 0 Å². The van der Waals surface area contributed by atoms with Crippen molar-refractivity contribution in [3.8, 4) is 0 Å². The molecule has 46 heavy (non-hydrogen) atoms. The van der Waals surface area contributed by atoms with Gasteiger partial charge in [0.05, 0.1) is 12.7 Å². The minimum absolute atomic E-state index is 0.0362. The lowest BCUT2D eigenvalue weighted by molar-refractivity contribution is -0.0179. The van der Waals surface area contributed by atoms with Crippen LogP contribution in [0.1, 0.15) is 198 Å². The number of rotatable bonds is 34. The van der Waals surface area contributed by atoms with Crippen LogP contribution < -0.4 is 5.73 Å². The van der Waals surface area contributed by atoms with E-state index in [4.69, 9.17) is 15.2 Å². The predicted octanol–water partition coefficient (Wildman–Crippen LogP) is 13.3. The Labute approximate surface area is 292 Å². The molecule has 2 unspecified atom stereocenters. The quantitative estimate of drug-likeness (QED) is 0.0704. The van der Waals surface area contributed by atoms with Crippen LogP contribution >= 0.6 is 0 Å². The highest BCUT2D eigenvalue weighted by Gasteiger charge is 2.12. The van der Waals surface area contributed by atoms with Gasteiger partial charge in [-0.25, -0.2) is 0 Å². The molecule has 0 aromatic rings. The maximum absolute atomic E-state index is 6.13. The van der Waals surface area contributed by atoms with Gasteiger partial charge in [0.1, 0.15) is 0 Å². The molecule has 278 valence electrons. The van der Waals surface area contributed by atoms with Gasteiger partial charge in [0.2, 0.25) is 0 Å². The monoisotopic (exact) mass is 652 g/mol. The summed E-state index contributed by atoms with van der Waals surface area (Å²) in [6.07, 6.45) is 27.3. The molecule has 0 fully saturated rings. The SMILES string of the molecule is CC(C)CCC[C@@H](C)CCC[C@@H](C)CCCC(C)CCOC[C@@H](CN)OCCC(C)CCC[C@H](C)CCC[C@H](C)CCCC(C)C. The van der Waals surface area contributed by atoms with Crippen LogP contribution in [0.5, 0.6) is 0 Å². The van der Waals surface area contributed by atoms with Gasteiger partial charge in [-0.15, -0.1) is 0 Å². The van der Waals surface area contributed by atoms with Crippen LogP contribution in [0, 0.1) is 47.3 Å². The number of ether oxygens (including phenoxy) is 2. The number of hydrogen-bond acceptors (Lipinski definition) is 3. The largest absolute Gasteiger partial charge is 0.379 e. The van der Waals surface area contributed by atoms with E-state index in [0.717, 1.165) is 73.4 Å². The van der Waals surface area contributed by atoms with Gasteiger partial charge in [-0.3, -0.25) is 0 Å². The second-order valence-electron chi connectivity index (χ2n) is 17.4. The normalized spacial score (nSPS) is 16.9. The van der Waals surface area contributed by atoms with Crippen molar-refractivity contribution in [1.82, 2.24) is 0 Å². The second kappa shape index (κ2) is 30.9. The molecule has 0 saturated carbocycles. The van der Waals surface area contributed by atoms with Crippen molar-refractivity contribution in [2.24, 2.45) is 53.1 Å². The zero-order valence-corrected chi connectivity index (χ0v) is 33.6. The Balaban J connectivity index is 3.77. The van der Waals surface area contributed by atoms with Crippen LogP contribution in [0.2, 0.25) is 0 Å². The Morgan fingerprint density at radius 1 is 0.370 bits per heavy atom. The Kier molecular flexibility index (Phi) is 30.8. The van der Waals surface area contributed by atoms with Crippen LogP contribution in [0.4, 0.5) is 0 Å². The third-order valence-electron chi connectivity index (χ3n) is 10.8. The van der Waals surface area contributed by atoms with Gasteiger partial charge in [-0.2, -0.15) is 0 Å². The lowest BCUT2D eigenvalue weighted by atomic mass is 9.91. The third kappa shape index (κ3) is 31.2. The molecule has 0 radical (unpaired) electrons. The minimum Gasteiger partial charge on any atom is -0.379 e. The summed E-state index contributed by atoms with van der Waals surface area (Å²) in [4.78, 5) is 0.